The van der Waals surface area contributed by atoms with Crippen molar-refractivity contribution in [2.75, 3.05) is 20.3 Å². The number of methoxy groups -OCH3 is 1. The molecule has 1 N–H and O–H groups in total. The molecule has 0 radical (unpaired) electrons. The number of fused-ring (bicyclic) bond motifs is 1. The van der Waals surface area contributed by atoms with Gasteiger partial charge in [0, 0.05) is 13.7 Å². The number of para-hydroxylation sites is 1. The molecule has 2 aromatic carbocycles. The summed E-state index contributed by atoms with van der Waals surface area (Å²) in [6.07, 6.45) is 1.21. The maximum Gasteiger partial charge on any atom is 0.312 e. The molecule has 41 heavy (non-hydrogen) atoms. The number of carbonyl (C=O) groups is 1. The van der Waals surface area contributed by atoms with E-state index >= 15 is 0 Å². The Morgan fingerprint density at radius 1 is 1.24 bits per heavy atom. The monoisotopic (exact) mass is 586 g/mol. The lowest BCUT2D eigenvalue weighted by molar-refractivity contribution is -0.158. The summed E-state index contributed by atoms with van der Waals surface area (Å²) in [5, 5.41) is 18.3. The van der Waals surface area contributed by atoms with Crippen LogP contribution in [-0.2, 0) is 44.0 Å². The molecule has 12 heteroatoms. The smallest absolute Gasteiger partial charge is 0.312 e. The van der Waals surface area contributed by atoms with Crippen LogP contribution in [0, 0.1) is 12.3 Å². The number of nitrogens with zero attached hydrogens (tertiary/aromatic N) is 4. The van der Waals surface area contributed by atoms with Crippen molar-refractivity contribution in [1.82, 2.24) is 19.3 Å². The number of sulfonamides is 1. The van der Waals surface area contributed by atoms with E-state index < -0.39 is 27.5 Å². The lowest BCUT2D eigenvalue weighted by atomic mass is 9.81. The summed E-state index contributed by atoms with van der Waals surface area (Å²) in [5.41, 5.74) is 1.51. The molecule has 0 bridgehead atoms. The molecule has 1 aliphatic heterocycles. The SMILES string of the molecule is CC[C@@H]1CN(Cc2cc(C(OCc3cn(CCOC)nn3)C(C)(C)C(=O)O)ccc2C)S(=O)(=O)c2ccccc2O1. The first-order chi connectivity index (χ1) is 19.5. The predicted octanol–water partition coefficient (Wildman–Crippen LogP) is 3.96. The van der Waals surface area contributed by atoms with Crippen molar-refractivity contribution in [1.29, 1.82) is 0 Å². The van der Waals surface area contributed by atoms with E-state index in [1.165, 1.54) is 4.31 Å². The normalized spacial score (nSPS) is 17.8. The van der Waals surface area contributed by atoms with Crippen LogP contribution in [0.5, 0.6) is 5.75 Å². The van der Waals surface area contributed by atoms with Crippen molar-refractivity contribution in [2.45, 2.75) is 70.9 Å². The van der Waals surface area contributed by atoms with Gasteiger partial charge in [0.1, 0.15) is 22.4 Å². The zero-order valence-electron chi connectivity index (χ0n) is 24.1. The van der Waals surface area contributed by atoms with Gasteiger partial charge < -0.3 is 19.3 Å². The second-order valence-corrected chi connectivity index (χ2v) is 12.7. The van der Waals surface area contributed by atoms with E-state index in [-0.39, 0.29) is 30.7 Å². The number of aryl methyl sites for hydroxylation is 1. The van der Waals surface area contributed by atoms with Crippen LogP contribution in [-0.4, -0.2) is 65.2 Å². The first kappa shape index (κ1) is 30.6. The molecule has 0 amide bonds. The molecular weight excluding hydrogens is 548 g/mol. The Morgan fingerprint density at radius 2 is 2.00 bits per heavy atom. The molecule has 0 saturated heterocycles. The fraction of sp³-hybridized carbons (Fsp3) is 0.483. The van der Waals surface area contributed by atoms with Crippen molar-refractivity contribution >= 4 is 16.0 Å². The van der Waals surface area contributed by atoms with E-state index in [4.69, 9.17) is 14.2 Å². The molecule has 3 aromatic rings. The van der Waals surface area contributed by atoms with Gasteiger partial charge in [-0.3, -0.25) is 4.79 Å². The molecule has 0 fully saturated rings. The first-order valence-corrected chi connectivity index (χ1v) is 15.0. The minimum atomic E-state index is -3.85. The van der Waals surface area contributed by atoms with Gasteiger partial charge in [0.2, 0.25) is 10.0 Å². The Labute approximate surface area is 241 Å². The number of hydrogen-bond acceptors (Lipinski definition) is 8. The number of ether oxygens (including phenoxy) is 3. The zero-order valence-corrected chi connectivity index (χ0v) is 24.9. The maximum absolute atomic E-state index is 13.7. The molecule has 0 aliphatic carbocycles. The van der Waals surface area contributed by atoms with E-state index in [1.54, 1.807) is 56.1 Å². The molecule has 1 unspecified atom stereocenters. The lowest BCUT2D eigenvalue weighted by Gasteiger charge is -2.31. The Hall–Kier alpha value is -3.32. The maximum atomic E-state index is 13.7. The van der Waals surface area contributed by atoms with Crippen LogP contribution in [0.15, 0.2) is 53.6 Å². The topological polar surface area (TPSA) is 133 Å². The number of aliphatic carboxylic acids is 1. The third-order valence-corrected chi connectivity index (χ3v) is 9.21. The van der Waals surface area contributed by atoms with Crippen LogP contribution < -0.4 is 4.74 Å². The summed E-state index contributed by atoms with van der Waals surface area (Å²) in [5.74, 6) is -0.675. The van der Waals surface area contributed by atoms with Gasteiger partial charge in [0.25, 0.3) is 0 Å². The minimum Gasteiger partial charge on any atom is -0.488 e. The van der Waals surface area contributed by atoms with Crippen LogP contribution in [0.3, 0.4) is 0 Å². The van der Waals surface area contributed by atoms with Crippen LogP contribution in [0.4, 0.5) is 0 Å². The van der Waals surface area contributed by atoms with Gasteiger partial charge in [0.05, 0.1) is 44.0 Å². The average molecular weight is 587 g/mol. The lowest BCUT2D eigenvalue weighted by Crippen LogP contribution is -2.36. The molecular formula is C29H38N4O7S. The van der Waals surface area contributed by atoms with Crippen molar-refractivity contribution in [3.05, 3.63) is 71.0 Å². The van der Waals surface area contributed by atoms with Gasteiger partial charge in [-0.25, -0.2) is 13.1 Å². The fourth-order valence-electron chi connectivity index (χ4n) is 4.72. The highest BCUT2D eigenvalue weighted by Crippen LogP contribution is 2.39. The van der Waals surface area contributed by atoms with E-state index in [0.29, 0.717) is 36.6 Å². The summed E-state index contributed by atoms with van der Waals surface area (Å²) < 4.78 is 47.8. The second kappa shape index (κ2) is 12.7. The standard InChI is InChI=1S/C29H38N4O7S/c1-6-24-18-33(41(36,37)26-10-8-7-9-25(26)40-24)16-22-15-21(12-11-20(22)2)27(29(3,4)28(34)35)39-19-23-17-32(31-30-23)13-14-38-5/h7-12,15,17,24,27H,6,13-14,16,18-19H2,1-5H3,(H,34,35)/t24-,27?/m1/s1. The molecule has 0 spiro atoms. The third kappa shape index (κ3) is 6.78. The molecule has 2 heterocycles. The van der Waals surface area contributed by atoms with Crippen LogP contribution in [0.2, 0.25) is 0 Å². The van der Waals surface area contributed by atoms with Gasteiger partial charge in [0.15, 0.2) is 0 Å². The third-order valence-electron chi connectivity index (χ3n) is 7.36. The molecule has 0 saturated carbocycles. The summed E-state index contributed by atoms with van der Waals surface area (Å²) in [6, 6.07) is 12.2. The predicted molar refractivity (Wildman–Crippen MR) is 151 cm³/mol. The van der Waals surface area contributed by atoms with E-state index in [2.05, 4.69) is 10.3 Å². The van der Waals surface area contributed by atoms with Crippen molar-refractivity contribution in [3.63, 3.8) is 0 Å². The Bertz CT molecular complexity index is 1470. The van der Waals surface area contributed by atoms with E-state index in [9.17, 15) is 18.3 Å². The largest absolute Gasteiger partial charge is 0.488 e. The molecule has 222 valence electrons. The Morgan fingerprint density at radius 3 is 2.71 bits per heavy atom. The van der Waals surface area contributed by atoms with Crippen LogP contribution >= 0.6 is 0 Å². The summed E-state index contributed by atoms with van der Waals surface area (Å²) in [6.45, 7) is 8.42. The number of rotatable bonds is 12. The van der Waals surface area contributed by atoms with E-state index in [0.717, 1.165) is 11.1 Å². The highest BCUT2D eigenvalue weighted by atomic mass is 32.2. The van der Waals surface area contributed by atoms with Crippen molar-refractivity contribution < 1.29 is 32.5 Å². The van der Waals surface area contributed by atoms with Gasteiger partial charge in [-0.1, -0.05) is 42.5 Å². The van der Waals surface area contributed by atoms with Gasteiger partial charge >= 0.3 is 5.97 Å². The van der Waals surface area contributed by atoms with Gasteiger partial charge in [-0.05, 0) is 56.0 Å². The number of hydrogen-bond donors (Lipinski definition) is 1. The summed E-state index contributed by atoms with van der Waals surface area (Å²) in [4.78, 5) is 12.5. The number of carboxylic acid groups (broad SMARTS) is 1. The molecule has 4 rings (SSSR count). The van der Waals surface area contributed by atoms with Gasteiger partial charge in [-0.2, -0.15) is 4.31 Å². The number of carboxylic acids is 1. The van der Waals surface area contributed by atoms with E-state index in [1.807, 2.05) is 32.0 Å². The highest BCUT2D eigenvalue weighted by Gasteiger charge is 2.40. The van der Waals surface area contributed by atoms with Crippen molar-refractivity contribution in [3.8, 4) is 5.75 Å². The Balaban J connectivity index is 1.65. The molecule has 1 aromatic heterocycles. The average Bonchev–Trinajstić information content (AvgIpc) is 3.36. The molecule has 1 aliphatic rings. The molecule has 2 atom stereocenters. The number of benzene rings is 2. The number of aromatic nitrogens is 3. The van der Waals surface area contributed by atoms with Crippen molar-refractivity contribution in [2.24, 2.45) is 5.41 Å². The van der Waals surface area contributed by atoms with Gasteiger partial charge in [-0.15, -0.1) is 5.10 Å². The Kier molecular flexibility index (Phi) is 9.48. The molecule has 11 nitrogen and oxygen atoms in total. The fourth-order valence-corrected chi connectivity index (χ4v) is 6.29. The first-order valence-electron chi connectivity index (χ1n) is 13.6. The van der Waals surface area contributed by atoms with Crippen LogP contribution in [0.1, 0.15) is 55.7 Å². The minimum absolute atomic E-state index is 0.0460. The highest BCUT2D eigenvalue weighted by molar-refractivity contribution is 7.89. The zero-order chi connectivity index (χ0) is 29.8. The quantitative estimate of drug-likeness (QED) is 0.335. The summed E-state index contributed by atoms with van der Waals surface area (Å²) in [7, 11) is -2.24. The van der Waals surface area contributed by atoms with Crippen LogP contribution in [0.25, 0.3) is 0 Å². The second-order valence-electron chi connectivity index (χ2n) is 10.8. The summed E-state index contributed by atoms with van der Waals surface area (Å²) >= 11 is 0.